The monoisotopic (exact) mass is 422 g/mol. The molecule has 0 spiro atoms. The summed E-state index contributed by atoms with van der Waals surface area (Å²) in [5.41, 5.74) is 2.10. The average molecular weight is 422 g/mol. The summed E-state index contributed by atoms with van der Waals surface area (Å²) in [5.74, 6) is -0.404. The second-order valence-corrected chi connectivity index (χ2v) is 6.86. The molecule has 3 aromatic carbocycles. The van der Waals surface area contributed by atoms with E-state index in [1.54, 1.807) is 55.5 Å². The molecule has 1 heterocycles. The molecule has 4 aromatic rings. The zero-order valence-electron chi connectivity index (χ0n) is 16.3. The first kappa shape index (κ1) is 20.1. The number of hydrogen-bond acceptors (Lipinski definition) is 4. The van der Waals surface area contributed by atoms with Crippen LogP contribution < -0.4 is 5.32 Å². The lowest BCUT2D eigenvalue weighted by atomic mass is 10.1. The van der Waals surface area contributed by atoms with Gasteiger partial charge in [0.05, 0.1) is 16.0 Å². The zero-order chi connectivity index (χ0) is 22.1. The van der Waals surface area contributed by atoms with Gasteiger partial charge in [0.15, 0.2) is 0 Å². The van der Waals surface area contributed by atoms with Crippen LogP contribution in [0.4, 0.5) is 20.2 Å². The first-order valence-corrected chi connectivity index (χ1v) is 9.27. The van der Waals surface area contributed by atoms with Gasteiger partial charge in [-0.2, -0.15) is 8.78 Å². The number of nitro benzene ring substituents is 1. The third kappa shape index (κ3) is 3.85. The Labute approximate surface area is 175 Å². The standard InChI is InChI=1S/C22H16F2N4O3/c1-13-6-7-15(12-19(13)28(30)31)21(29)25-16-10-8-14(9-11-16)20-26-17-4-2-3-5-18(17)27(20)22(23)24/h2-12,22H,1H3,(H,25,29). The van der Waals surface area contributed by atoms with Crippen molar-refractivity contribution < 1.29 is 18.5 Å². The normalized spacial score (nSPS) is 11.1. The minimum atomic E-state index is -2.76. The number of anilines is 1. The topological polar surface area (TPSA) is 90.1 Å². The van der Waals surface area contributed by atoms with Gasteiger partial charge in [-0.25, -0.2) is 4.98 Å². The molecule has 0 aliphatic rings. The van der Waals surface area contributed by atoms with Gasteiger partial charge < -0.3 is 5.32 Å². The maximum Gasteiger partial charge on any atom is 0.320 e. The first-order valence-electron chi connectivity index (χ1n) is 9.27. The molecule has 156 valence electrons. The molecular weight excluding hydrogens is 406 g/mol. The second-order valence-electron chi connectivity index (χ2n) is 6.86. The highest BCUT2D eigenvalue weighted by Crippen LogP contribution is 2.30. The molecule has 0 unspecified atom stereocenters. The molecule has 0 fully saturated rings. The Kier molecular flexibility index (Phi) is 5.16. The van der Waals surface area contributed by atoms with E-state index in [9.17, 15) is 23.7 Å². The molecule has 9 heteroatoms. The molecule has 1 N–H and O–H groups in total. The van der Waals surface area contributed by atoms with Crippen LogP contribution in [0, 0.1) is 17.0 Å². The molecule has 0 bridgehead atoms. The van der Waals surface area contributed by atoms with Gasteiger partial charge in [-0.15, -0.1) is 0 Å². The lowest BCUT2D eigenvalue weighted by Crippen LogP contribution is -2.12. The fourth-order valence-electron chi connectivity index (χ4n) is 3.30. The van der Waals surface area contributed by atoms with Crippen molar-refractivity contribution in [3.8, 4) is 11.4 Å². The maximum atomic E-state index is 13.7. The quantitative estimate of drug-likeness (QED) is 0.336. The third-order valence-electron chi connectivity index (χ3n) is 4.86. The molecular formula is C22H16F2N4O3. The summed E-state index contributed by atoms with van der Waals surface area (Å²) >= 11 is 0. The number of fused-ring (bicyclic) bond motifs is 1. The number of carbonyl (C=O) groups excluding carboxylic acids is 1. The number of hydrogen-bond donors (Lipinski definition) is 1. The van der Waals surface area contributed by atoms with E-state index in [4.69, 9.17) is 0 Å². The molecule has 0 aliphatic heterocycles. The van der Waals surface area contributed by atoms with Crippen LogP contribution in [0.3, 0.4) is 0 Å². The number of imidazole rings is 1. The number of aromatic nitrogens is 2. The number of nitro groups is 1. The summed E-state index contributed by atoms with van der Waals surface area (Å²) in [6.45, 7) is -1.18. The first-order chi connectivity index (χ1) is 14.8. The van der Waals surface area contributed by atoms with E-state index in [1.165, 1.54) is 18.2 Å². The minimum absolute atomic E-state index is 0.114. The number of benzene rings is 3. The van der Waals surface area contributed by atoms with Crippen LogP contribution in [-0.2, 0) is 0 Å². The zero-order valence-corrected chi connectivity index (χ0v) is 16.3. The number of carbonyl (C=O) groups is 1. The van der Waals surface area contributed by atoms with Gasteiger partial charge in [-0.3, -0.25) is 19.5 Å². The maximum absolute atomic E-state index is 13.7. The highest BCUT2D eigenvalue weighted by atomic mass is 19.3. The molecule has 31 heavy (non-hydrogen) atoms. The molecule has 7 nitrogen and oxygen atoms in total. The van der Waals surface area contributed by atoms with Crippen LogP contribution in [0.25, 0.3) is 22.4 Å². The highest BCUT2D eigenvalue weighted by Gasteiger charge is 2.19. The molecule has 0 saturated heterocycles. The number of rotatable bonds is 5. The summed E-state index contributed by atoms with van der Waals surface area (Å²) in [5, 5.41) is 13.7. The molecule has 4 rings (SSSR count). The third-order valence-corrected chi connectivity index (χ3v) is 4.86. The van der Waals surface area contributed by atoms with E-state index >= 15 is 0 Å². The number of nitrogens with one attached hydrogen (secondary N) is 1. The van der Waals surface area contributed by atoms with Crippen molar-refractivity contribution in [1.29, 1.82) is 0 Å². The molecule has 1 aromatic heterocycles. The van der Waals surface area contributed by atoms with Crippen molar-refractivity contribution in [1.82, 2.24) is 9.55 Å². The summed E-state index contributed by atoms with van der Waals surface area (Å²) in [7, 11) is 0. The predicted molar refractivity (Wildman–Crippen MR) is 112 cm³/mol. The Morgan fingerprint density at radius 2 is 1.81 bits per heavy atom. The van der Waals surface area contributed by atoms with Crippen molar-refractivity contribution >= 4 is 28.3 Å². The molecule has 0 atom stereocenters. The van der Waals surface area contributed by atoms with E-state index in [0.29, 0.717) is 27.8 Å². The van der Waals surface area contributed by atoms with Crippen molar-refractivity contribution in [2.75, 3.05) is 5.32 Å². The van der Waals surface area contributed by atoms with Crippen molar-refractivity contribution in [3.63, 3.8) is 0 Å². The largest absolute Gasteiger partial charge is 0.322 e. The van der Waals surface area contributed by atoms with Gasteiger partial charge in [-0.05, 0) is 49.4 Å². The average Bonchev–Trinajstić information content (AvgIpc) is 3.14. The Balaban J connectivity index is 1.60. The van der Waals surface area contributed by atoms with E-state index in [0.717, 1.165) is 4.57 Å². The SMILES string of the molecule is Cc1ccc(C(=O)Nc2ccc(-c3nc4ccccc4n3C(F)F)cc2)cc1[N+](=O)[O-]. The lowest BCUT2D eigenvalue weighted by molar-refractivity contribution is -0.385. The predicted octanol–water partition coefficient (Wildman–Crippen LogP) is 5.57. The number of nitrogens with zero attached hydrogens (tertiary/aromatic N) is 3. The van der Waals surface area contributed by atoms with Crippen LogP contribution in [0.1, 0.15) is 22.5 Å². The van der Waals surface area contributed by atoms with Gasteiger partial charge in [0.25, 0.3) is 11.6 Å². The number of halogens is 2. The molecule has 0 aliphatic carbocycles. The van der Waals surface area contributed by atoms with Crippen LogP contribution in [0.2, 0.25) is 0 Å². The Morgan fingerprint density at radius 3 is 2.48 bits per heavy atom. The Bertz CT molecular complexity index is 1300. The fourth-order valence-corrected chi connectivity index (χ4v) is 3.30. The van der Waals surface area contributed by atoms with Crippen molar-refractivity contribution in [3.05, 3.63) is 88.0 Å². The number of amides is 1. The van der Waals surface area contributed by atoms with Gasteiger partial charge in [0, 0.05) is 28.4 Å². The van der Waals surface area contributed by atoms with Gasteiger partial charge in [0.2, 0.25) is 0 Å². The Morgan fingerprint density at radius 1 is 1.10 bits per heavy atom. The molecule has 1 amide bonds. The fraction of sp³-hybridized carbons (Fsp3) is 0.0909. The summed E-state index contributed by atoms with van der Waals surface area (Å²) in [6.07, 6.45) is 0. The van der Waals surface area contributed by atoms with Crippen LogP contribution >= 0.6 is 0 Å². The van der Waals surface area contributed by atoms with Crippen LogP contribution in [0.15, 0.2) is 66.7 Å². The van der Waals surface area contributed by atoms with E-state index in [1.807, 2.05) is 0 Å². The van der Waals surface area contributed by atoms with Crippen LogP contribution in [0.5, 0.6) is 0 Å². The minimum Gasteiger partial charge on any atom is -0.322 e. The van der Waals surface area contributed by atoms with E-state index in [-0.39, 0.29) is 17.1 Å². The molecule has 0 saturated carbocycles. The van der Waals surface area contributed by atoms with Crippen LogP contribution in [-0.4, -0.2) is 20.4 Å². The second kappa shape index (κ2) is 7.94. The summed E-state index contributed by atoms with van der Waals surface area (Å²) in [6, 6.07) is 17.1. The summed E-state index contributed by atoms with van der Waals surface area (Å²) in [4.78, 5) is 27.3. The molecule has 0 radical (unpaired) electrons. The van der Waals surface area contributed by atoms with Gasteiger partial charge in [-0.1, -0.05) is 18.2 Å². The smallest absolute Gasteiger partial charge is 0.320 e. The van der Waals surface area contributed by atoms with Crippen molar-refractivity contribution in [2.24, 2.45) is 0 Å². The Hall–Kier alpha value is -4.14. The number of alkyl halides is 2. The lowest BCUT2D eigenvalue weighted by Gasteiger charge is -2.09. The van der Waals surface area contributed by atoms with Crippen molar-refractivity contribution in [2.45, 2.75) is 13.5 Å². The van der Waals surface area contributed by atoms with Gasteiger partial charge in [0.1, 0.15) is 5.82 Å². The number of para-hydroxylation sites is 2. The van der Waals surface area contributed by atoms with E-state index in [2.05, 4.69) is 10.3 Å². The number of aryl methyl sites for hydroxylation is 1. The highest BCUT2D eigenvalue weighted by molar-refractivity contribution is 6.04. The van der Waals surface area contributed by atoms with E-state index < -0.39 is 17.4 Å². The summed E-state index contributed by atoms with van der Waals surface area (Å²) < 4.78 is 28.2. The van der Waals surface area contributed by atoms with Gasteiger partial charge >= 0.3 is 6.55 Å².